The number of nitrogens with zero attached hydrogens (tertiary/aromatic N) is 1. The Morgan fingerprint density at radius 2 is 1.86 bits per heavy atom. The zero-order chi connectivity index (χ0) is 15.9. The van der Waals surface area contributed by atoms with Crippen LogP contribution < -0.4 is 16.0 Å². The Hall–Kier alpha value is -0.830. The van der Waals surface area contributed by atoms with E-state index in [1.807, 2.05) is 12.1 Å². The molecule has 0 aliphatic carbocycles. The summed E-state index contributed by atoms with van der Waals surface area (Å²) < 4.78 is 0.892. The van der Waals surface area contributed by atoms with E-state index in [9.17, 15) is 4.79 Å². The molecule has 124 valence electrons. The number of carbonyl (C=O) groups is 1. The van der Waals surface area contributed by atoms with Gasteiger partial charge in [-0.05, 0) is 39.0 Å². The van der Waals surface area contributed by atoms with Crippen molar-refractivity contribution in [2.24, 2.45) is 4.99 Å². The summed E-state index contributed by atoms with van der Waals surface area (Å²) in [4.78, 5) is 16.1. The van der Waals surface area contributed by atoms with Gasteiger partial charge in [0.05, 0.1) is 0 Å². The second-order valence-electron chi connectivity index (χ2n) is 5.64. The van der Waals surface area contributed by atoms with Gasteiger partial charge in [0.2, 0.25) is 0 Å². The van der Waals surface area contributed by atoms with Gasteiger partial charge in [0, 0.05) is 35.7 Å². The first-order valence-corrected chi connectivity index (χ1v) is 7.64. The lowest BCUT2D eigenvalue weighted by molar-refractivity contribution is 0.0954. The van der Waals surface area contributed by atoms with Gasteiger partial charge in [-0.2, -0.15) is 0 Å². The molecule has 0 fully saturated rings. The van der Waals surface area contributed by atoms with E-state index in [4.69, 9.17) is 0 Å². The molecule has 0 saturated carbocycles. The highest BCUT2D eigenvalue weighted by Gasteiger charge is 2.11. The molecule has 0 radical (unpaired) electrons. The number of rotatable bonds is 4. The lowest BCUT2D eigenvalue weighted by Crippen LogP contribution is -2.49. The summed E-state index contributed by atoms with van der Waals surface area (Å²) in [5.74, 6) is 0.635. The largest absolute Gasteiger partial charge is 0.355 e. The highest BCUT2D eigenvalue weighted by atomic mass is 127. The molecule has 0 aliphatic heterocycles. The number of hydrogen-bond donors (Lipinski definition) is 3. The Bertz CT molecular complexity index is 515. The number of benzene rings is 1. The van der Waals surface area contributed by atoms with E-state index in [-0.39, 0.29) is 35.4 Å². The predicted octanol–water partition coefficient (Wildman–Crippen LogP) is 2.76. The summed E-state index contributed by atoms with van der Waals surface area (Å²) in [7, 11) is 1.72. The molecule has 1 rings (SSSR count). The van der Waals surface area contributed by atoms with Crippen molar-refractivity contribution in [3.05, 3.63) is 34.3 Å². The topological polar surface area (TPSA) is 65.5 Å². The van der Waals surface area contributed by atoms with Crippen LogP contribution in [0.2, 0.25) is 0 Å². The SMILES string of the molecule is CN=C(NCCNC(=O)c1cccc(Br)c1)NC(C)(C)C.I. The molecule has 0 heterocycles. The van der Waals surface area contributed by atoms with Crippen molar-refractivity contribution < 1.29 is 4.79 Å². The number of guanidine groups is 1. The smallest absolute Gasteiger partial charge is 0.251 e. The zero-order valence-electron chi connectivity index (χ0n) is 13.4. The standard InChI is InChI=1S/C15H23BrN4O.HI/c1-15(2,3)20-14(17-4)19-9-8-18-13(21)11-6-5-7-12(16)10-11;/h5-7,10H,8-9H2,1-4H3,(H,18,21)(H2,17,19,20);1H. The molecule has 5 nitrogen and oxygen atoms in total. The summed E-state index contributed by atoms with van der Waals surface area (Å²) in [6.45, 7) is 7.32. The highest BCUT2D eigenvalue weighted by molar-refractivity contribution is 14.0. The molecule has 1 amide bonds. The van der Waals surface area contributed by atoms with E-state index < -0.39 is 0 Å². The fraction of sp³-hybridized carbons (Fsp3) is 0.467. The van der Waals surface area contributed by atoms with Crippen molar-refractivity contribution >= 4 is 51.8 Å². The first-order chi connectivity index (χ1) is 9.81. The first kappa shape index (κ1) is 21.2. The number of amides is 1. The lowest BCUT2D eigenvalue weighted by Gasteiger charge is -2.23. The van der Waals surface area contributed by atoms with Gasteiger partial charge in [0.1, 0.15) is 0 Å². The van der Waals surface area contributed by atoms with E-state index in [1.54, 1.807) is 19.2 Å². The molecule has 7 heteroatoms. The predicted molar refractivity (Wildman–Crippen MR) is 106 cm³/mol. The maximum Gasteiger partial charge on any atom is 0.251 e. The molecular formula is C15H24BrIN4O. The van der Waals surface area contributed by atoms with Crippen LogP contribution in [0, 0.1) is 0 Å². The van der Waals surface area contributed by atoms with Crippen molar-refractivity contribution in [3.63, 3.8) is 0 Å². The molecular weight excluding hydrogens is 459 g/mol. The fourth-order valence-electron chi connectivity index (χ4n) is 1.62. The monoisotopic (exact) mass is 482 g/mol. The van der Waals surface area contributed by atoms with Crippen LogP contribution in [0.3, 0.4) is 0 Å². The van der Waals surface area contributed by atoms with E-state index in [0.29, 0.717) is 18.7 Å². The van der Waals surface area contributed by atoms with E-state index >= 15 is 0 Å². The Morgan fingerprint density at radius 3 is 2.41 bits per heavy atom. The van der Waals surface area contributed by atoms with Crippen molar-refractivity contribution in [1.82, 2.24) is 16.0 Å². The van der Waals surface area contributed by atoms with E-state index in [2.05, 4.69) is 57.6 Å². The third-order valence-corrected chi connectivity index (χ3v) is 3.00. The van der Waals surface area contributed by atoms with Gasteiger partial charge in [-0.3, -0.25) is 9.79 Å². The van der Waals surface area contributed by atoms with Gasteiger partial charge < -0.3 is 16.0 Å². The second-order valence-corrected chi connectivity index (χ2v) is 6.56. The van der Waals surface area contributed by atoms with Gasteiger partial charge >= 0.3 is 0 Å². The quantitative estimate of drug-likeness (QED) is 0.267. The molecule has 22 heavy (non-hydrogen) atoms. The van der Waals surface area contributed by atoms with Crippen LogP contribution in [0.25, 0.3) is 0 Å². The van der Waals surface area contributed by atoms with Crippen LogP contribution >= 0.6 is 39.9 Å². The van der Waals surface area contributed by atoms with Crippen LogP contribution in [0.15, 0.2) is 33.7 Å². The molecule has 3 N–H and O–H groups in total. The van der Waals surface area contributed by atoms with Crippen molar-refractivity contribution in [2.45, 2.75) is 26.3 Å². The minimum absolute atomic E-state index is 0. The van der Waals surface area contributed by atoms with Crippen LogP contribution in [0.1, 0.15) is 31.1 Å². The van der Waals surface area contributed by atoms with Crippen LogP contribution in [0.5, 0.6) is 0 Å². The Labute approximate surface area is 157 Å². The molecule has 0 aliphatic rings. The zero-order valence-corrected chi connectivity index (χ0v) is 17.3. The Kier molecular flexibility index (Phi) is 9.66. The molecule has 1 aromatic carbocycles. The number of hydrogen-bond acceptors (Lipinski definition) is 2. The molecule has 0 spiro atoms. The fourth-order valence-corrected chi connectivity index (χ4v) is 2.02. The summed E-state index contributed by atoms with van der Waals surface area (Å²) in [6, 6.07) is 7.31. The minimum atomic E-state index is -0.0862. The van der Waals surface area contributed by atoms with Gasteiger partial charge in [0.15, 0.2) is 5.96 Å². The number of halogens is 2. The molecule has 0 atom stereocenters. The summed E-state index contributed by atoms with van der Waals surface area (Å²) in [5.41, 5.74) is 0.586. The number of aliphatic imine (C=N–C) groups is 1. The summed E-state index contributed by atoms with van der Waals surface area (Å²) >= 11 is 3.35. The van der Waals surface area contributed by atoms with Gasteiger partial charge in [-0.1, -0.05) is 22.0 Å². The molecule has 0 unspecified atom stereocenters. The minimum Gasteiger partial charge on any atom is -0.355 e. The average molecular weight is 483 g/mol. The highest BCUT2D eigenvalue weighted by Crippen LogP contribution is 2.11. The molecule has 0 saturated heterocycles. The lowest BCUT2D eigenvalue weighted by atomic mass is 10.1. The normalized spacial score (nSPS) is 11.4. The van der Waals surface area contributed by atoms with Crippen molar-refractivity contribution in [3.8, 4) is 0 Å². The van der Waals surface area contributed by atoms with Gasteiger partial charge in [-0.25, -0.2) is 0 Å². The van der Waals surface area contributed by atoms with Crippen LogP contribution in [-0.4, -0.2) is 37.5 Å². The Balaban J connectivity index is 0.00000441. The molecule has 1 aromatic rings. The third kappa shape index (κ3) is 8.57. The summed E-state index contributed by atoms with van der Waals surface area (Å²) in [5, 5.41) is 9.28. The summed E-state index contributed by atoms with van der Waals surface area (Å²) in [6.07, 6.45) is 0. The van der Waals surface area contributed by atoms with E-state index in [1.165, 1.54) is 0 Å². The Morgan fingerprint density at radius 1 is 1.23 bits per heavy atom. The van der Waals surface area contributed by atoms with Crippen molar-refractivity contribution in [1.29, 1.82) is 0 Å². The number of carbonyl (C=O) groups excluding carboxylic acids is 1. The van der Waals surface area contributed by atoms with Crippen molar-refractivity contribution in [2.75, 3.05) is 20.1 Å². The molecule has 0 aromatic heterocycles. The average Bonchev–Trinajstić information content (AvgIpc) is 2.40. The van der Waals surface area contributed by atoms with Crippen LogP contribution in [0.4, 0.5) is 0 Å². The third-order valence-electron chi connectivity index (χ3n) is 2.51. The maximum atomic E-state index is 11.9. The van der Waals surface area contributed by atoms with E-state index in [0.717, 1.165) is 10.4 Å². The van der Waals surface area contributed by atoms with Crippen LogP contribution in [-0.2, 0) is 0 Å². The number of nitrogens with one attached hydrogen (secondary N) is 3. The second kappa shape index (κ2) is 10.0. The van der Waals surface area contributed by atoms with Gasteiger partial charge in [0.25, 0.3) is 5.91 Å². The first-order valence-electron chi connectivity index (χ1n) is 6.84. The molecule has 0 bridgehead atoms. The maximum absolute atomic E-state index is 11.9. The van der Waals surface area contributed by atoms with Gasteiger partial charge in [-0.15, -0.1) is 24.0 Å².